The maximum Gasteiger partial charge on any atom is 0.325 e. The highest BCUT2D eigenvalue weighted by atomic mass is 32.1. The molecule has 1 unspecified atom stereocenters. The van der Waals surface area contributed by atoms with E-state index >= 15 is 0 Å². The normalized spacial score (nSPS) is 12.0. The number of carbonyl (C=O) groups is 2. The Morgan fingerprint density at radius 3 is 2.34 bits per heavy atom. The SMILES string of the molecule is CC(=O)C(c1cnc(N)nc1)c1cccc(N(C(N)=O)c2nnc(C(C)C)s2)c1. The molecule has 0 aliphatic carbocycles. The number of carbonyl (C=O) groups excluding carboxylic acids is 2. The van der Waals surface area contributed by atoms with Gasteiger partial charge in [-0.05, 0) is 24.6 Å². The fourth-order valence-corrected chi connectivity index (χ4v) is 3.76. The first-order chi connectivity index (χ1) is 13.8. The largest absolute Gasteiger partial charge is 0.368 e. The van der Waals surface area contributed by atoms with Crippen LogP contribution >= 0.6 is 11.3 Å². The van der Waals surface area contributed by atoms with E-state index in [1.165, 1.54) is 35.6 Å². The van der Waals surface area contributed by atoms with Crippen LogP contribution in [-0.4, -0.2) is 32.0 Å². The minimum Gasteiger partial charge on any atom is -0.368 e. The molecule has 29 heavy (non-hydrogen) atoms. The van der Waals surface area contributed by atoms with Crippen LogP contribution in [0.15, 0.2) is 36.7 Å². The Labute approximate surface area is 171 Å². The summed E-state index contributed by atoms with van der Waals surface area (Å²) < 4.78 is 0. The second kappa shape index (κ2) is 8.31. The molecule has 0 aliphatic rings. The van der Waals surface area contributed by atoms with Gasteiger partial charge in [0.1, 0.15) is 10.8 Å². The minimum atomic E-state index is -0.691. The summed E-state index contributed by atoms with van der Waals surface area (Å²) in [6, 6.07) is 6.30. The lowest BCUT2D eigenvalue weighted by atomic mass is 9.89. The van der Waals surface area contributed by atoms with Crippen molar-refractivity contribution in [1.29, 1.82) is 0 Å². The summed E-state index contributed by atoms with van der Waals surface area (Å²) in [4.78, 5) is 33.8. The molecule has 2 heterocycles. The Hall–Kier alpha value is -3.40. The van der Waals surface area contributed by atoms with Crippen molar-refractivity contribution in [3.63, 3.8) is 0 Å². The van der Waals surface area contributed by atoms with E-state index in [0.29, 0.717) is 21.9 Å². The third-order valence-electron chi connectivity index (χ3n) is 4.23. The van der Waals surface area contributed by atoms with Gasteiger partial charge >= 0.3 is 6.03 Å². The quantitative estimate of drug-likeness (QED) is 0.635. The molecule has 1 aromatic carbocycles. The Bertz CT molecular complexity index is 1030. The monoisotopic (exact) mass is 411 g/mol. The van der Waals surface area contributed by atoms with Crippen molar-refractivity contribution in [2.75, 3.05) is 10.6 Å². The zero-order chi connectivity index (χ0) is 21.1. The maximum atomic E-state index is 12.4. The second-order valence-corrected chi connectivity index (χ2v) is 7.75. The third-order valence-corrected chi connectivity index (χ3v) is 5.44. The Morgan fingerprint density at radius 2 is 1.79 bits per heavy atom. The van der Waals surface area contributed by atoms with Gasteiger partial charge in [-0.25, -0.2) is 19.7 Å². The lowest BCUT2D eigenvalue weighted by molar-refractivity contribution is -0.117. The number of nitrogen functional groups attached to an aromatic ring is 1. The number of aromatic nitrogens is 4. The molecule has 3 rings (SSSR count). The summed E-state index contributed by atoms with van der Waals surface area (Å²) in [5.41, 5.74) is 12.9. The van der Waals surface area contributed by atoms with Gasteiger partial charge in [0, 0.05) is 23.9 Å². The van der Waals surface area contributed by atoms with Gasteiger partial charge in [0.05, 0.1) is 11.6 Å². The lowest BCUT2D eigenvalue weighted by Gasteiger charge is -2.20. The van der Waals surface area contributed by atoms with Crippen LogP contribution in [0.1, 0.15) is 48.7 Å². The molecule has 0 spiro atoms. The molecule has 2 aromatic heterocycles. The maximum absolute atomic E-state index is 12.4. The molecule has 0 bridgehead atoms. The summed E-state index contributed by atoms with van der Waals surface area (Å²) in [6.07, 6.45) is 3.04. The highest BCUT2D eigenvalue weighted by molar-refractivity contribution is 7.15. The standard InChI is InChI=1S/C19H21N7O2S/c1-10(2)16-24-25-19(29-16)26(18(21)28)14-6-4-5-12(7-14)15(11(3)27)13-8-22-17(20)23-9-13/h4-10,15H,1-3H3,(H2,21,28)(H2,20,22,23). The predicted octanol–water partition coefficient (Wildman–Crippen LogP) is 2.97. The number of hydrogen-bond donors (Lipinski definition) is 2. The van der Waals surface area contributed by atoms with Gasteiger partial charge in [0.25, 0.3) is 0 Å². The topological polar surface area (TPSA) is 141 Å². The number of urea groups is 1. The zero-order valence-corrected chi connectivity index (χ0v) is 17.1. The van der Waals surface area contributed by atoms with E-state index in [1.54, 1.807) is 24.3 Å². The molecule has 0 saturated carbocycles. The second-order valence-electron chi connectivity index (χ2n) is 6.76. The van der Waals surface area contributed by atoms with Gasteiger partial charge in [-0.15, -0.1) is 10.2 Å². The molecular weight excluding hydrogens is 390 g/mol. The molecule has 3 aromatic rings. The van der Waals surface area contributed by atoms with Crippen LogP contribution in [-0.2, 0) is 4.79 Å². The number of benzene rings is 1. The van der Waals surface area contributed by atoms with Crippen molar-refractivity contribution in [2.24, 2.45) is 5.73 Å². The molecule has 0 aliphatic heterocycles. The molecule has 4 N–H and O–H groups in total. The van der Waals surface area contributed by atoms with Gasteiger partial charge in [-0.2, -0.15) is 0 Å². The zero-order valence-electron chi connectivity index (χ0n) is 16.2. The Kier molecular flexibility index (Phi) is 5.83. The highest BCUT2D eigenvalue weighted by Crippen LogP contribution is 2.34. The third kappa shape index (κ3) is 4.37. The van der Waals surface area contributed by atoms with Crippen LogP contribution in [0.3, 0.4) is 0 Å². The van der Waals surface area contributed by atoms with Crippen molar-refractivity contribution in [2.45, 2.75) is 32.6 Å². The summed E-state index contributed by atoms with van der Waals surface area (Å²) >= 11 is 1.29. The van der Waals surface area contributed by atoms with Crippen LogP contribution in [0.2, 0.25) is 0 Å². The first-order valence-electron chi connectivity index (χ1n) is 8.88. The number of anilines is 3. The molecule has 2 amide bonds. The number of Topliss-reactive ketones (excluding diaryl/α,β-unsaturated/α-hetero) is 1. The number of rotatable bonds is 6. The summed E-state index contributed by atoms with van der Waals surface area (Å²) in [5.74, 6) is -0.401. The molecule has 0 radical (unpaired) electrons. The predicted molar refractivity (Wildman–Crippen MR) is 111 cm³/mol. The lowest BCUT2D eigenvalue weighted by Crippen LogP contribution is -2.31. The molecule has 0 fully saturated rings. The van der Waals surface area contributed by atoms with Crippen LogP contribution in [0.5, 0.6) is 0 Å². The van der Waals surface area contributed by atoms with E-state index in [1.807, 2.05) is 13.8 Å². The highest BCUT2D eigenvalue weighted by Gasteiger charge is 2.24. The van der Waals surface area contributed by atoms with Crippen molar-refractivity contribution >= 4 is 39.9 Å². The summed E-state index contributed by atoms with van der Waals surface area (Å²) in [7, 11) is 0. The average Bonchev–Trinajstić information content (AvgIpc) is 3.13. The van der Waals surface area contributed by atoms with E-state index in [4.69, 9.17) is 11.5 Å². The number of ketones is 1. The number of amides is 2. The summed E-state index contributed by atoms with van der Waals surface area (Å²) in [5, 5.41) is 9.39. The van der Waals surface area contributed by atoms with E-state index in [9.17, 15) is 9.59 Å². The number of nitrogens with zero attached hydrogens (tertiary/aromatic N) is 5. The molecule has 10 heteroatoms. The molecule has 1 atom stereocenters. The first kappa shape index (κ1) is 20.3. The fourth-order valence-electron chi connectivity index (χ4n) is 2.88. The van der Waals surface area contributed by atoms with Crippen molar-refractivity contribution in [3.8, 4) is 0 Å². The number of hydrogen-bond acceptors (Lipinski definition) is 8. The van der Waals surface area contributed by atoms with E-state index in [-0.39, 0.29) is 17.6 Å². The van der Waals surface area contributed by atoms with Gasteiger partial charge in [0.15, 0.2) is 0 Å². The smallest absolute Gasteiger partial charge is 0.325 e. The summed E-state index contributed by atoms with van der Waals surface area (Å²) in [6.45, 7) is 5.47. The average molecular weight is 411 g/mol. The number of nitrogens with two attached hydrogens (primary N) is 2. The Balaban J connectivity index is 2.04. The van der Waals surface area contributed by atoms with Gasteiger partial charge in [-0.3, -0.25) is 4.79 Å². The minimum absolute atomic E-state index is 0.0980. The number of primary amides is 1. The van der Waals surface area contributed by atoms with E-state index in [0.717, 1.165) is 5.01 Å². The van der Waals surface area contributed by atoms with Gasteiger partial charge in [-0.1, -0.05) is 37.3 Å². The van der Waals surface area contributed by atoms with Crippen LogP contribution < -0.4 is 16.4 Å². The van der Waals surface area contributed by atoms with Crippen molar-refractivity contribution < 1.29 is 9.59 Å². The van der Waals surface area contributed by atoms with Crippen LogP contribution in [0, 0.1) is 0 Å². The molecule has 150 valence electrons. The first-order valence-corrected chi connectivity index (χ1v) is 9.70. The van der Waals surface area contributed by atoms with Gasteiger partial charge in [0.2, 0.25) is 11.1 Å². The molecular formula is C19H21N7O2S. The van der Waals surface area contributed by atoms with Crippen LogP contribution in [0.4, 0.5) is 21.6 Å². The van der Waals surface area contributed by atoms with Gasteiger partial charge < -0.3 is 11.5 Å². The Morgan fingerprint density at radius 1 is 1.10 bits per heavy atom. The van der Waals surface area contributed by atoms with Crippen LogP contribution in [0.25, 0.3) is 0 Å². The fraction of sp³-hybridized carbons (Fsp3) is 0.263. The van der Waals surface area contributed by atoms with Crippen molar-refractivity contribution in [1.82, 2.24) is 20.2 Å². The van der Waals surface area contributed by atoms with E-state index < -0.39 is 11.9 Å². The van der Waals surface area contributed by atoms with E-state index in [2.05, 4.69) is 20.2 Å². The van der Waals surface area contributed by atoms with Crippen molar-refractivity contribution in [3.05, 3.63) is 52.8 Å². The molecule has 0 saturated heterocycles. The molecule has 9 nitrogen and oxygen atoms in total.